The number of nitrogens with one attached hydrogen (secondary N) is 1. The molecule has 2 amide bonds. The predicted molar refractivity (Wildman–Crippen MR) is 126 cm³/mol. The van der Waals surface area contributed by atoms with Crippen LogP contribution in [0.25, 0.3) is 0 Å². The molecule has 1 saturated heterocycles. The molecule has 30 heavy (non-hydrogen) atoms. The van der Waals surface area contributed by atoms with E-state index in [1.165, 1.54) is 0 Å². The number of ether oxygens (including phenoxy) is 2. The Morgan fingerprint density at radius 2 is 1.90 bits per heavy atom. The molecular weight excluding hydrogens is 400 g/mol. The molecule has 1 fully saturated rings. The van der Waals surface area contributed by atoms with Gasteiger partial charge in [0.2, 0.25) is 11.8 Å². The minimum Gasteiger partial charge on any atom is -0.494 e. The second kappa shape index (κ2) is 10.9. The number of nitrogens with two attached hydrogens (primary N) is 1. The van der Waals surface area contributed by atoms with E-state index in [-0.39, 0.29) is 17.7 Å². The molecule has 0 spiro atoms. The van der Waals surface area contributed by atoms with Crippen molar-refractivity contribution >= 4 is 32.8 Å². The molecule has 0 radical (unpaired) electrons. The molecule has 3 N–H and O–H groups in total. The van der Waals surface area contributed by atoms with Gasteiger partial charge in [-0.3, -0.25) is 9.59 Å². The van der Waals surface area contributed by atoms with Gasteiger partial charge in [0.05, 0.1) is 11.4 Å². The summed E-state index contributed by atoms with van der Waals surface area (Å²) in [6.45, 7) is 6.13. The average molecular weight is 437 g/mol. The normalized spacial score (nSPS) is 17.1. The van der Waals surface area contributed by atoms with Crippen molar-refractivity contribution in [2.75, 3.05) is 26.4 Å². The monoisotopic (exact) mass is 436 g/mol. The van der Waals surface area contributed by atoms with Gasteiger partial charge in [-0.05, 0) is 54.8 Å². The van der Waals surface area contributed by atoms with Crippen molar-refractivity contribution in [1.29, 1.82) is 0 Å². The molecule has 0 bridgehead atoms. The van der Waals surface area contributed by atoms with Crippen molar-refractivity contribution in [3.05, 3.63) is 24.3 Å². The summed E-state index contributed by atoms with van der Waals surface area (Å²) in [6, 6.07) is 7.62. The van der Waals surface area contributed by atoms with Crippen molar-refractivity contribution < 1.29 is 19.1 Å². The van der Waals surface area contributed by atoms with Crippen LogP contribution in [0.2, 0.25) is 0 Å². The quantitative estimate of drug-likeness (QED) is 0.412. The molecule has 2 rings (SSSR count). The van der Waals surface area contributed by atoms with Gasteiger partial charge in [-0.25, -0.2) is 0 Å². The van der Waals surface area contributed by atoms with E-state index in [4.69, 9.17) is 15.2 Å². The summed E-state index contributed by atoms with van der Waals surface area (Å²) in [4.78, 5) is 25.2. The van der Waals surface area contributed by atoms with Gasteiger partial charge in [0.25, 0.3) is 0 Å². The third-order valence-corrected chi connectivity index (χ3v) is 9.11. The Balaban J connectivity index is 1.90. The number of primary amides is 1. The second-order valence-electron chi connectivity index (χ2n) is 8.01. The van der Waals surface area contributed by atoms with E-state index in [1.54, 1.807) is 0 Å². The van der Waals surface area contributed by atoms with Crippen LogP contribution >= 0.6 is 9.21 Å². The molecule has 7 heteroatoms. The molecule has 0 aliphatic carbocycles. The molecule has 1 heterocycles. The third kappa shape index (κ3) is 5.58. The lowest BCUT2D eigenvalue weighted by Gasteiger charge is -2.41. The summed E-state index contributed by atoms with van der Waals surface area (Å²) in [5, 5.41) is 2.95. The van der Waals surface area contributed by atoms with Gasteiger partial charge in [0, 0.05) is 25.7 Å². The van der Waals surface area contributed by atoms with Gasteiger partial charge in [0.15, 0.2) is 0 Å². The molecule has 0 saturated carbocycles. The fourth-order valence-electron chi connectivity index (χ4n) is 3.76. The molecule has 1 aliphatic rings. The zero-order valence-corrected chi connectivity index (χ0v) is 19.1. The Kier molecular flexibility index (Phi) is 8.79. The van der Waals surface area contributed by atoms with Gasteiger partial charge >= 0.3 is 0 Å². The van der Waals surface area contributed by atoms with Crippen molar-refractivity contribution in [3.63, 3.8) is 0 Å². The van der Waals surface area contributed by atoms with E-state index in [9.17, 15) is 9.59 Å². The summed E-state index contributed by atoms with van der Waals surface area (Å²) < 4.78 is 10.5. The Hall–Kier alpha value is -1.99. The number of hydrogen-bond acceptors (Lipinski definition) is 4. The van der Waals surface area contributed by atoms with E-state index >= 15 is 0 Å². The average Bonchev–Trinajstić information content (AvgIpc) is 2.74. The number of benzene rings is 1. The molecular formula is C23H36N2O4S. The fourth-order valence-corrected chi connectivity index (χ4v) is 6.21. The SMILES string of the molecule is C=S(=C)(c1ccc(OCCCNC(=O)C(C)CCC)cc1)C1(C(N)=O)CCOCC1. The largest absolute Gasteiger partial charge is 0.494 e. The molecule has 1 aromatic carbocycles. The summed E-state index contributed by atoms with van der Waals surface area (Å²) >= 11 is 0. The van der Waals surface area contributed by atoms with E-state index in [0.717, 1.165) is 29.9 Å². The highest BCUT2D eigenvalue weighted by molar-refractivity contribution is 8.29. The van der Waals surface area contributed by atoms with Crippen molar-refractivity contribution in [1.82, 2.24) is 5.32 Å². The minimum absolute atomic E-state index is 0.0518. The van der Waals surface area contributed by atoms with Crippen LogP contribution in [0.5, 0.6) is 5.75 Å². The first-order chi connectivity index (χ1) is 14.2. The summed E-state index contributed by atoms with van der Waals surface area (Å²) in [5.74, 6) is 9.25. The van der Waals surface area contributed by atoms with E-state index in [0.29, 0.717) is 39.2 Å². The topological polar surface area (TPSA) is 90.6 Å². The van der Waals surface area contributed by atoms with Crippen molar-refractivity contribution in [3.8, 4) is 5.75 Å². The van der Waals surface area contributed by atoms with Crippen LogP contribution in [0.1, 0.15) is 46.0 Å². The van der Waals surface area contributed by atoms with Crippen molar-refractivity contribution in [2.45, 2.75) is 55.6 Å². The molecule has 1 unspecified atom stereocenters. The smallest absolute Gasteiger partial charge is 0.233 e. The van der Waals surface area contributed by atoms with Crippen LogP contribution in [0.15, 0.2) is 29.2 Å². The maximum Gasteiger partial charge on any atom is 0.233 e. The van der Waals surface area contributed by atoms with E-state index < -0.39 is 14.0 Å². The summed E-state index contributed by atoms with van der Waals surface area (Å²) in [5.41, 5.74) is 5.80. The molecule has 0 aromatic heterocycles. The summed E-state index contributed by atoms with van der Waals surface area (Å²) in [6.07, 6.45) is 3.74. The van der Waals surface area contributed by atoms with E-state index in [1.807, 2.05) is 31.2 Å². The first-order valence-corrected chi connectivity index (χ1v) is 12.6. The number of rotatable bonds is 11. The summed E-state index contributed by atoms with van der Waals surface area (Å²) in [7, 11) is -1.95. The third-order valence-electron chi connectivity index (χ3n) is 5.83. The van der Waals surface area contributed by atoms with Gasteiger partial charge in [-0.1, -0.05) is 32.0 Å². The van der Waals surface area contributed by atoms with Crippen LogP contribution in [0.3, 0.4) is 0 Å². The number of hydrogen-bond donors (Lipinski definition) is 2. The van der Waals surface area contributed by atoms with Crippen molar-refractivity contribution in [2.24, 2.45) is 11.7 Å². The van der Waals surface area contributed by atoms with E-state index in [2.05, 4.69) is 24.0 Å². The second-order valence-corrected chi connectivity index (χ2v) is 11.0. The Labute approximate surface area is 181 Å². The molecule has 168 valence electrons. The zero-order chi connectivity index (χ0) is 22.2. The Bertz CT molecular complexity index is 812. The standard InChI is InChI=1S/C23H36N2O4S/c1-5-7-18(2)21(26)25-14-6-15-29-19-8-10-20(11-9-19)30(3,4)23(22(24)27)12-16-28-17-13-23/h8-11,18H,3-7,12-17H2,1-2H3,(H2,24,27)(H,25,26). The van der Waals surface area contributed by atoms with Gasteiger partial charge < -0.3 is 20.5 Å². The Morgan fingerprint density at radius 3 is 2.47 bits per heavy atom. The molecule has 1 aromatic rings. The fraction of sp³-hybridized carbons (Fsp3) is 0.565. The number of carbonyl (C=O) groups excluding carboxylic acids is 2. The van der Waals surface area contributed by atoms with Crippen LogP contribution in [0.4, 0.5) is 0 Å². The first-order valence-electron chi connectivity index (χ1n) is 10.6. The van der Waals surface area contributed by atoms with Gasteiger partial charge in [-0.2, -0.15) is 9.21 Å². The number of carbonyl (C=O) groups is 2. The molecule has 6 nitrogen and oxygen atoms in total. The predicted octanol–water partition coefficient (Wildman–Crippen LogP) is 3.07. The Morgan fingerprint density at radius 1 is 1.27 bits per heavy atom. The first kappa shape index (κ1) is 24.3. The lowest BCUT2D eigenvalue weighted by molar-refractivity contribution is -0.124. The highest BCUT2D eigenvalue weighted by atomic mass is 32.2. The lowest BCUT2D eigenvalue weighted by Crippen LogP contribution is -2.47. The van der Waals surface area contributed by atoms with Crippen LogP contribution in [0, 0.1) is 5.92 Å². The lowest BCUT2D eigenvalue weighted by atomic mass is 9.98. The number of amides is 2. The van der Waals surface area contributed by atoms with Gasteiger partial charge in [0.1, 0.15) is 5.75 Å². The van der Waals surface area contributed by atoms with Crippen LogP contribution in [-0.4, -0.2) is 54.7 Å². The maximum absolute atomic E-state index is 12.3. The van der Waals surface area contributed by atoms with Crippen LogP contribution < -0.4 is 15.8 Å². The highest BCUT2D eigenvalue weighted by Crippen LogP contribution is 2.50. The highest BCUT2D eigenvalue weighted by Gasteiger charge is 2.43. The van der Waals surface area contributed by atoms with Gasteiger partial charge in [-0.15, -0.1) is 0 Å². The minimum atomic E-state index is -1.95. The maximum atomic E-state index is 12.3. The molecule has 1 aliphatic heterocycles. The molecule has 1 atom stereocenters. The van der Waals surface area contributed by atoms with Crippen LogP contribution in [-0.2, 0) is 14.3 Å². The zero-order valence-electron chi connectivity index (χ0n) is 18.3.